The van der Waals surface area contributed by atoms with Gasteiger partial charge >= 0.3 is 0 Å². The number of ether oxygens (including phenoxy) is 1. The molecule has 2 atom stereocenters. The van der Waals surface area contributed by atoms with Gasteiger partial charge in [-0.05, 0) is 63.9 Å². The number of aliphatic imine (C=N–C) groups is 1. The summed E-state index contributed by atoms with van der Waals surface area (Å²) >= 11 is 0. The average Bonchev–Trinajstić information content (AvgIpc) is 3.18. The van der Waals surface area contributed by atoms with Gasteiger partial charge in [0, 0.05) is 19.0 Å². The van der Waals surface area contributed by atoms with E-state index in [0.717, 1.165) is 30.9 Å². The highest BCUT2D eigenvalue weighted by Crippen LogP contribution is 2.18. The number of nitrogens with zero attached hydrogens (tertiary/aromatic N) is 2. The Morgan fingerprint density at radius 3 is 2.79 bits per heavy atom. The van der Waals surface area contributed by atoms with E-state index in [1.165, 1.54) is 12.8 Å². The molecule has 1 aromatic carbocycles. The number of guanidine groups is 1. The Morgan fingerprint density at radius 2 is 2.10 bits per heavy atom. The van der Waals surface area contributed by atoms with Gasteiger partial charge in [-0.15, -0.1) is 0 Å². The van der Waals surface area contributed by atoms with E-state index in [9.17, 15) is 4.79 Å². The molecule has 1 heterocycles. The first-order valence-electron chi connectivity index (χ1n) is 10.8. The van der Waals surface area contributed by atoms with Crippen molar-refractivity contribution in [3.8, 4) is 5.75 Å². The predicted molar refractivity (Wildman–Crippen MR) is 118 cm³/mol. The highest BCUT2D eigenvalue weighted by Gasteiger charge is 2.22. The minimum Gasteiger partial charge on any atom is -0.494 e. The van der Waals surface area contributed by atoms with Gasteiger partial charge in [-0.1, -0.05) is 19.1 Å². The monoisotopic (exact) mass is 403 g/mol. The minimum atomic E-state index is -0.0364. The topological polar surface area (TPSA) is 92.0 Å². The zero-order valence-corrected chi connectivity index (χ0v) is 18.1. The number of carbonyl (C=O) groups is 1. The van der Waals surface area contributed by atoms with Crippen molar-refractivity contribution in [1.29, 1.82) is 0 Å². The van der Waals surface area contributed by atoms with Crippen LogP contribution in [0.25, 0.3) is 0 Å². The van der Waals surface area contributed by atoms with Crippen LogP contribution in [0.15, 0.2) is 29.3 Å². The van der Waals surface area contributed by atoms with Crippen LogP contribution < -0.4 is 21.1 Å². The van der Waals surface area contributed by atoms with E-state index in [1.807, 2.05) is 38.1 Å². The molecule has 2 rings (SSSR count). The molecule has 0 radical (unpaired) electrons. The van der Waals surface area contributed by atoms with Crippen LogP contribution in [0.4, 0.5) is 0 Å². The fourth-order valence-electron chi connectivity index (χ4n) is 3.66. The quantitative estimate of drug-likeness (QED) is 0.300. The summed E-state index contributed by atoms with van der Waals surface area (Å²) in [5.41, 5.74) is 7.02. The van der Waals surface area contributed by atoms with Crippen molar-refractivity contribution < 1.29 is 9.53 Å². The van der Waals surface area contributed by atoms with Crippen LogP contribution in [-0.2, 0) is 4.79 Å². The second-order valence-corrected chi connectivity index (χ2v) is 7.47. The summed E-state index contributed by atoms with van der Waals surface area (Å²) in [6.07, 6.45) is 3.60. The summed E-state index contributed by atoms with van der Waals surface area (Å²) in [6, 6.07) is 8.30. The van der Waals surface area contributed by atoms with Gasteiger partial charge in [0.1, 0.15) is 5.75 Å². The number of rotatable bonds is 11. The lowest BCUT2D eigenvalue weighted by Gasteiger charge is -2.21. The molecule has 2 unspecified atom stereocenters. The van der Waals surface area contributed by atoms with Gasteiger partial charge in [0.25, 0.3) is 0 Å². The van der Waals surface area contributed by atoms with Gasteiger partial charge in [0.05, 0.1) is 19.2 Å². The number of hydrogen-bond donors (Lipinski definition) is 3. The Morgan fingerprint density at radius 1 is 1.34 bits per heavy atom. The third-order valence-electron chi connectivity index (χ3n) is 5.33. The molecule has 1 aromatic rings. The van der Waals surface area contributed by atoms with Gasteiger partial charge in [0.15, 0.2) is 5.96 Å². The van der Waals surface area contributed by atoms with Crippen LogP contribution >= 0.6 is 0 Å². The molecule has 0 bridgehead atoms. The van der Waals surface area contributed by atoms with Crippen LogP contribution in [0.5, 0.6) is 5.75 Å². The van der Waals surface area contributed by atoms with Crippen molar-refractivity contribution in [3.05, 3.63) is 29.8 Å². The number of nitrogens with two attached hydrogens (primary N) is 1. The third kappa shape index (κ3) is 7.93. The Hall–Kier alpha value is -2.28. The maximum atomic E-state index is 12.2. The Labute approximate surface area is 175 Å². The Balaban J connectivity index is 1.62. The molecule has 1 saturated heterocycles. The summed E-state index contributed by atoms with van der Waals surface area (Å²) < 4.78 is 5.45. The number of hydrogen-bond acceptors (Lipinski definition) is 4. The SMILES string of the molecule is CCOc1ccc(C(C)NC(=O)CCCNC(N)=NCC2CCCN2CC)cc1. The molecule has 4 N–H and O–H groups in total. The predicted octanol–water partition coefficient (Wildman–Crippen LogP) is 2.43. The lowest BCUT2D eigenvalue weighted by molar-refractivity contribution is -0.121. The lowest BCUT2D eigenvalue weighted by atomic mass is 10.1. The van der Waals surface area contributed by atoms with E-state index < -0.39 is 0 Å². The smallest absolute Gasteiger partial charge is 0.220 e. The molecule has 0 aliphatic carbocycles. The van der Waals surface area contributed by atoms with E-state index >= 15 is 0 Å². The zero-order chi connectivity index (χ0) is 21.1. The van der Waals surface area contributed by atoms with E-state index in [-0.39, 0.29) is 11.9 Å². The van der Waals surface area contributed by atoms with Crippen molar-refractivity contribution in [3.63, 3.8) is 0 Å². The second kappa shape index (κ2) is 12.3. The van der Waals surface area contributed by atoms with E-state index in [4.69, 9.17) is 10.5 Å². The van der Waals surface area contributed by atoms with Crippen LogP contribution in [0.1, 0.15) is 58.1 Å². The van der Waals surface area contributed by atoms with E-state index in [0.29, 0.717) is 38.0 Å². The molecule has 29 heavy (non-hydrogen) atoms. The average molecular weight is 404 g/mol. The van der Waals surface area contributed by atoms with E-state index in [2.05, 4.69) is 27.4 Å². The van der Waals surface area contributed by atoms with Crippen molar-refractivity contribution in [1.82, 2.24) is 15.5 Å². The largest absolute Gasteiger partial charge is 0.494 e. The van der Waals surface area contributed by atoms with Crippen molar-refractivity contribution in [2.45, 2.75) is 58.5 Å². The molecule has 0 aromatic heterocycles. The summed E-state index contributed by atoms with van der Waals surface area (Å²) in [6.45, 7) is 10.4. The molecule has 7 nitrogen and oxygen atoms in total. The van der Waals surface area contributed by atoms with Crippen LogP contribution in [0, 0.1) is 0 Å². The first-order chi connectivity index (χ1) is 14.0. The number of likely N-dealkylation sites (N-methyl/N-ethyl adjacent to an activating group) is 1. The maximum Gasteiger partial charge on any atom is 0.220 e. The Kier molecular flexibility index (Phi) is 9.77. The molecule has 1 aliphatic rings. The number of amides is 1. The standard InChI is InChI=1S/C22H37N5O2/c1-4-27-15-7-8-19(27)16-25-22(23)24-14-6-9-21(28)26-17(3)18-10-12-20(13-11-18)29-5-2/h10-13,17,19H,4-9,14-16H2,1-3H3,(H,26,28)(H3,23,24,25). The first-order valence-corrected chi connectivity index (χ1v) is 10.8. The van der Waals surface area contributed by atoms with Crippen molar-refractivity contribution in [2.24, 2.45) is 10.7 Å². The molecule has 0 spiro atoms. The zero-order valence-electron chi connectivity index (χ0n) is 18.1. The summed E-state index contributed by atoms with van der Waals surface area (Å²) in [7, 11) is 0. The van der Waals surface area contributed by atoms with Crippen molar-refractivity contribution >= 4 is 11.9 Å². The summed E-state index contributed by atoms with van der Waals surface area (Å²) in [5.74, 6) is 1.35. The second-order valence-electron chi connectivity index (χ2n) is 7.47. The van der Waals surface area contributed by atoms with Gasteiger partial charge < -0.3 is 21.1 Å². The molecule has 162 valence electrons. The van der Waals surface area contributed by atoms with Gasteiger partial charge in [-0.2, -0.15) is 0 Å². The normalized spacial score (nSPS) is 18.4. The minimum absolute atomic E-state index is 0.0354. The number of nitrogens with one attached hydrogen (secondary N) is 2. The third-order valence-corrected chi connectivity index (χ3v) is 5.33. The first kappa shape index (κ1) is 23.0. The van der Waals surface area contributed by atoms with Gasteiger partial charge in [0.2, 0.25) is 5.91 Å². The number of likely N-dealkylation sites (tertiary alicyclic amines) is 1. The van der Waals surface area contributed by atoms with Crippen LogP contribution in [-0.4, -0.2) is 55.6 Å². The summed E-state index contributed by atoms with van der Waals surface area (Å²) in [5, 5.41) is 6.15. The van der Waals surface area contributed by atoms with Crippen LogP contribution in [0.2, 0.25) is 0 Å². The molecule has 1 fully saturated rings. The highest BCUT2D eigenvalue weighted by molar-refractivity contribution is 5.78. The molecular weight excluding hydrogens is 366 g/mol. The highest BCUT2D eigenvalue weighted by atomic mass is 16.5. The van der Waals surface area contributed by atoms with Crippen molar-refractivity contribution in [2.75, 3.05) is 32.8 Å². The molecule has 0 saturated carbocycles. The molecule has 1 amide bonds. The number of carbonyl (C=O) groups excluding carboxylic acids is 1. The Bertz CT molecular complexity index is 647. The fraction of sp³-hybridized carbons (Fsp3) is 0.636. The maximum absolute atomic E-state index is 12.2. The summed E-state index contributed by atoms with van der Waals surface area (Å²) in [4.78, 5) is 19.1. The van der Waals surface area contributed by atoms with Crippen LogP contribution in [0.3, 0.4) is 0 Å². The lowest BCUT2D eigenvalue weighted by Crippen LogP contribution is -2.36. The number of benzene rings is 1. The molecular formula is C22H37N5O2. The fourth-order valence-corrected chi connectivity index (χ4v) is 3.66. The molecule has 7 heteroatoms. The van der Waals surface area contributed by atoms with Gasteiger partial charge in [-0.25, -0.2) is 0 Å². The molecule has 1 aliphatic heterocycles. The van der Waals surface area contributed by atoms with Gasteiger partial charge in [-0.3, -0.25) is 14.7 Å². The van der Waals surface area contributed by atoms with E-state index in [1.54, 1.807) is 0 Å².